The highest BCUT2D eigenvalue weighted by Gasteiger charge is 2.42. The fraction of sp³-hybridized carbons (Fsp3) is 0.0500. The maximum absolute atomic E-state index is 14.5. The Morgan fingerprint density at radius 2 is 0.791 bits per heavy atom. The van der Waals surface area contributed by atoms with Crippen LogP contribution < -0.4 is 15.9 Å². The molecule has 0 fully saturated rings. The van der Waals surface area contributed by atoms with Crippen LogP contribution in [0.3, 0.4) is 0 Å². The van der Waals surface area contributed by atoms with Crippen molar-refractivity contribution in [2.45, 2.75) is 12.0 Å². The third-order valence-corrected chi connectivity index (χ3v) is 12.5. The molecule has 0 saturated carbocycles. The van der Waals surface area contributed by atoms with Crippen molar-refractivity contribution in [2.75, 3.05) is 0 Å². The average molecular weight is 577 g/mol. The van der Waals surface area contributed by atoms with Crippen LogP contribution >= 0.6 is 6.89 Å². The second-order valence-corrected chi connectivity index (χ2v) is 14.0. The smallest absolute Gasteiger partial charge is 0.199 e. The Kier molecular flexibility index (Phi) is 8.34. The monoisotopic (exact) mass is 576 g/mol. The summed E-state index contributed by atoms with van der Waals surface area (Å²) in [4.78, 5) is 14.5. The Bertz CT molecular complexity index is 1730. The molecular weight excluding hydrogens is 543 g/mol. The van der Waals surface area contributed by atoms with Crippen LogP contribution in [0.5, 0.6) is 0 Å². The Morgan fingerprint density at radius 3 is 1.19 bits per heavy atom. The Labute approximate surface area is 253 Å². The summed E-state index contributed by atoms with van der Waals surface area (Å²) in [6, 6.07) is 60.6. The van der Waals surface area contributed by atoms with Crippen molar-refractivity contribution in [2.24, 2.45) is 0 Å². The van der Waals surface area contributed by atoms with E-state index in [1.54, 1.807) is 12.1 Å². The van der Waals surface area contributed by atoms with E-state index in [2.05, 4.69) is 84.9 Å². The second-order valence-electron chi connectivity index (χ2n) is 10.6. The van der Waals surface area contributed by atoms with Crippen molar-refractivity contribution in [3.05, 3.63) is 199 Å². The maximum atomic E-state index is 14.5. The largest absolute Gasteiger partial charge is 0.377 e. The van der Waals surface area contributed by atoms with Gasteiger partial charge in [0.2, 0.25) is 0 Å². The molecule has 6 aromatic rings. The van der Waals surface area contributed by atoms with Crippen molar-refractivity contribution in [3.63, 3.8) is 0 Å². The molecule has 6 aromatic carbocycles. The van der Waals surface area contributed by atoms with E-state index in [1.807, 2.05) is 84.9 Å². The molecule has 0 bridgehead atoms. The Balaban J connectivity index is 1.79. The quantitative estimate of drug-likeness (QED) is 0.144. The van der Waals surface area contributed by atoms with Gasteiger partial charge in [0.25, 0.3) is 0 Å². The van der Waals surface area contributed by atoms with E-state index in [0.717, 1.165) is 26.8 Å². The highest BCUT2D eigenvalue weighted by molar-refractivity contribution is 7.95. The first-order chi connectivity index (χ1) is 21.1. The van der Waals surface area contributed by atoms with Gasteiger partial charge < -0.3 is 5.11 Å². The van der Waals surface area contributed by atoms with Gasteiger partial charge >= 0.3 is 0 Å². The van der Waals surface area contributed by atoms with E-state index in [4.69, 9.17) is 0 Å². The molecule has 0 heterocycles. The number of ketones is 1. The van der Waals surface area contributed by atoms with Gasteiger partial charge in [0.15, 0.2) is 11.4 Å². The minimum Gasteiger partial charge on any atom is -0.377 e. The third kappa shape index (κ3) is 5.44. The summed E-state index contributed by atoms with van der Waals surface area (Å²) in [5.74, 6) is -0.319. The van der Waals surface area contributed by atoms with Crippen molar-refractivity contribution in [1.82, 2.24) is 0 Å². The van der Waals surface area contributed by atoms with E-state index < -0.39 is 12.5 Å². The van der Waals surface area contributed by atoms with E-state index >= 15 is 0 Å². The van der Waals surface area contributed by atoms with Crippen LogP contribution in [-0.4, -0.2) is 16.2 Å². The average Bonchev–Trinajstić information content (AvgIpc) is 3.10. The molecule has 0 aliphatic heterocycles. The molecule has 3 heteroatoms. The minimum atomic E-state index is -2.63. The molecule has 0 saturated heterocycles. The fourth-order valence-electron chi connectivity index (χ4n) is 6.01. The predicted octanol–water partition coefficient (Wildman–Crippen LogP) is 7.36. The molecule has 6 rings (SSSR count). The molecule has 0 amide bonds. The zero-order chi connectivity index (χ0) is 29.5. The molecule has 0 aromatic heterocycles. The first-order valence-electron chi connectivity index (χ1n) is 14.5. The molecule has 0 aliphatic rings. The number of Topliss-reactive ketones (excluding diaryl/α,β-unsaturated/α-hetero) is 1. The molecule has 0 aliphatic carbocycles. The predicted molar refractivity (Wildman–Crippen MR) is 181 cm³/mol. The molecule has 0 spiro atoms. The van der Waals surface area contributed by atoms with Gasteiger partial charge in [0, 0.05) is 12.0 Å². The first-order valence-corrected chi connectivity index (χ1v) is 16.3. The normalized spacial score (nSPS) is 12.7. The lowest BCUT2D eigenvalue weighted by molar-refractivity contribution is 0.0337. The van der Waals surface area contributed by atoms with Gasteiger partial charge in [-0.25, -0.2) is 0 Å². The van der Waals surface area contributed by atoms with Gasteiger partial charge in [-0.1, -0.05) is 182 Å². The fourth-order valence-corrected chi connectivity index (χ4v) is 10.7. The summed E-state index contributed by atoms with van der Waals surface area (Å²) in [5.41, 5.74) is 0.230. The summed E-state index contributed by atoms with van der Waals surface area (Å²) >= 11 is 0. The van der Waals surface area contributed by atoms with Gasteiger partial charge in [-0.2, -0.15) is 0 Å². The van der Waals surface area contributed by atoms with E-state index in [-0.39, 0.29) is 12.2 Å². The molecule has 1 N–H and O–H groups in total. The Morgan fingerprint density at radius 1 is 0.465 bits per heavy atom. The van der Waals surface area contributed by atoms with E-state index in [1.165, 1.54) is 0 Å². The highest BCUT2D eigenvalue weighted by atomic mass is 31.2. The van der Waals surface area contributed by atoms with Crippen molar-refractivity contribution in [3.8, 4) is 0 Å². The number of carbonyl (C=O) groups is 1. The molecule has 210 valence electrons. The lowest BCUT2D eigenvalue weighted by atomic mass is 9.81. The van der Waals surface area contributed by atoms with Crippen LogP contribution in [0.2, 0.25) is 0 Å². The number of hydrogen-bond donors (Lipinski definition) is 1. The van der Waals surface area contributed by atoms with Crippen molar-refractivity contribution >= 4 is 33.9 Å². The van der Waals surface area contributed by atoms with Gasteiger partial charge in [-0.05, 0) is 39.2 Å². The number of hydrogen-bond acceptors (Lipinski definition) is 2. The zero-order valence-electron chi connectivity index (χ0n) is 23.8. The minimum absolute atomic E-state index is 0.112. The topological polar surface area (TPSA) is 37.3 Å². The van der Waals surface area contributed by atoms with E-state index in [9.17, 15) is 9.90 Å². The molecule has 0 radical (unpaired) electrons. The number of carbonyl (C=O) groups excluding carboxylic acids is 1. The van der Waals surface area contributed by atoms with Gasteiger partial charge in [-0.15, -0.1) is 0 Å². The first kappa shape index (κ1) is 28.4. The van der Waals surface area contributed by atoms with Crippen LogP contribution in [0.15, 0.2) is 182 Å². The summed E-state index contributed by atoms with van der Waals surface area (Å²) in [6.45, 7) is -2.63. The van der Waals surface area contributed by atoms with Crippen LogP contribution in [0.25, 0.3) is 0 Å². The number of rotatable bonds is 9. The van der Waals surface area contributed by atoms with Crippen LogP contribution in [0.1, 0.15) is 27.9 Å². The Hall–Kier alpha value is -4.75. The van der Waals surface area contributed by atoms with Crippen LogP contribution in [0.4, 0.5) is 0 Å². The zero-order valence-corrected chi connectivity index (χ0v) is 24.7. The SMILES string of the molecule is O=C(c1ccccc1)C(O)(CC(c1ccccc1)=P(c1ccccc1)(c1ccccc1)c1ccccc1)c1ccccc1. The summed E-state index contributed by atoms with van der Waals surface area (Å²) in [6.07, 6.45) is 0.112. The standard InChI is InChI=1S/C40H33O2P/c41-39(33-21-9-2-10-22-33)40(42,34-23-11-3-12-24-34)31-38(32-19-7-1-8-20-32)43(35-25-13-4-14-26-35,36-27-15-5-16-28-36)37-29-17-6-18-30-37/h1-30,42H,31H2. The molecule has 43 heavy (non-hydrogen) atoms. The maximum Gasteiger partial charge on any atom is 0.199 e. The lowest BCUT2D eigenvalue weighted by Crippen LogP contribution is -2.41. The highest BCUT2D eigenvalue weighted by Crippen LogP contribution is 2.50. The third-order valence-electron chi connectivity index (χ3n) is 8.03. The van der Waals surface area contributed by atoms with Crippen LogP contribution in [0, 0.1) is 0 Å². The molecule has 2 nitrogen and oxygen atoms in total. The van der Waals surface area contributed by atoms with Crippen LogP contribution in [-0.2, 0) is 5.60 Å². The summed E-state index contributed by atoms with van der Waals surface area (Å²) < 4.78 is 0. The molecule has 1 unspecified atom stereocenters. The van der Waals surface area contributed by atoms with E-state index in [0.29, 0.717) is 11.1 Å². The summed E-state index contributed by atoms with van der Waals surface area (Å²) in [7, 11) is 0. The van der Waals surface area contributed by atoms with Gasteiger partial charge in [-0.3, -0.25) is 4.79 Å². The molecule has 1 atom stereocenters. The van der Waals surface area contributed by atoms with Crippen molar-refractivity contribution < 1.29 is 9.90 Å². The van der Waals surface area contributed by atoms with Gasteiger partial charge in [0.1, 0.15) is 0 Å². The van der Waals surface area contributed by atoms with Gasteiger partial charge in [0.05, 0.1) is 0 Å². The number of benzene rings is 6. The second kappa shape index (κ2) is 12.6. The number of aliphatic hydroxyl groups is 1. The summed E-state index contributed by atoms with van der Waals surface area (Å²) in [5, 5.41) is 17.4. The molecular formula is C40H33O2P. The van der Waals surface area contributed by atoms with Crippen molar-refractivity contribution in [1.29, 1.82) is 0 Å². The lowest BCUT2D eigenvalue weighted by Gasteiger charge is -2.37.